The van der Waals surface area contributed by atoms with Crippen LogP contribution in [0.2, 0.25) is 0 Å². The van der Waals surface area contributed by atoms with Gasteiger partial charge in [-0.05, 0) is 43.2 Å². The fourth-order valence-corrected chi connectivity index (χ4v) is 4.07. The maximum Gasteiger partial charge on any atom is 0.290 e. The molecule has 1 aromatic rings. The standard InChI is InChI=1S/C20H27N3O2.CH2O2/c1-21(16-6-3-2-4-7-16)18(24)15-22-10-5-11-23(13-12-22)19(25)17-14-20(17)8-9-20;2-1-3/h2-4,6-7,17H,5,8-15H2,1H3;1H,(H,2,3). The number of nitrogens with zero attached hydrogens (tertiary/aromatic N) is 3. The number of anilines is 1. The van der Waals surface area contributed by atoms with Crippen molar-refractivity contribution in [2.24, 2.45) is 11.3 Å². The second-order valence-electron chi connectivity index (χ2n) is 7.97. The molecule has 1 aliphatic heterocycles. The first kappa shape index (κ1) is 20.3. The zero-order chi connectivity index (χ0) is 20.1. The van der Waals surface area contributed by atoms with Crippen LogP contribution in [0, 0.1) is 11.3 Å². The van der Waals surface area contributed by atoms with Crippen LogP contribution in [0.5, 0.6) is 0 Å². The SMILES string of the molecule is CN(C(=O)CN1CCCN(C(=O)C2CC23CC3)CC1)c1ccccc1.O=CO. The van der Waals surface area contributed by atoms with Gasteiger partial charge in [-0.25, -0.2) is 0 Å². The average molecular weight is 387 g/mol. The van der Waals surface area contributed by atoms with Gasteiger partial charge in [0.05, 0.1) is 6.54 Å². The summed E-state index contributed by atoms with van der Waals surface area (Å²) in [6, 6.07) is 9.74. The summed E-state index contributed by atoms with van der Waals surface area (Å²) in [5.74, 6) is 0.780. The first-order valence-corrected chi connectivity index (χ1v) is 9.91. The minimum absolute atomic E-state index is 0.102. The number of rotatable bonds is 4. The summed E-state index contributed by atoms with van der Waals surface area (Å²) in [4.78, 5) is 39.5. The molecular formula is C21H29N3O4. The van der Waals surface area contributed by atoms with E-state index in [0.29, 0.717) is 23.8 Å². The number of benzene rings is 1. The number of carbonyl (C=O) groups is 3. The lowest BCUT2D eigenvalue weighted by atomic mass is 10.2. The van der Waals surface area contributed by atoms with Crippen molar-refractivity contribution in [3.63, 3.8) is 0 Å². The monoisotopic (exact) mass is 387 g/mol. The van der Waals surface area contributed by atoms with E-state index in [0.717, 1.165) is 44.7 Å². The zero-order valence-electron chi connectivity index (χ0n) is 16.4. The quantitative estimate of drug-likeness (QED) is 0.795. The molecule has 1 atom stereocenters. The molecule has 2 aliphatic carbocycles. The second-order valence-corrected chi connectivity index (χ2v) is 7.97. The Balaban J connectivity index is 0.000000706. The highest BCUT2D eigenvalue weighted by Gasteiger charge is 2.66. The lowest BCUT2D eigenvalue weighted by molar-refractivity contribution is -0.133. The molecule has 7 heteroatoms. The molecule has 152 valence electrons. The average Bonchev–Trinajstić information content (AvgIpc) is 3.62. The van der Waals surface area contributed by atoms with Gasteiger partial charge in [-0.2, -0.15) is 0 Å². The van der Waals surface area contributed by atoms with Crippen molar-refractivity contribution < 1.29 is 19.5 Å². The van der Waals surface area contributed by atoms with Gasteiger partial charge in [0.1, 0.15) is 0 Å². The van der Waals surface area contributed by atoms with Gasteiger partial charge in [-0.15, -0.1) is 0 Å². The highest BCUT2D eigenvalue weighted by Crippen LogP contribution is 2.70. The van der Waals surface area contributed by atoms with Crippen molar-refractivity contribution in [2.75, 3.05) is 44.7 Å². The zero-order valence-corrected chi connectivity index (χ0v) is 16.4. The summed E-state index contributed by atoms with van der Waals surface area (Å²) in [7, 11) is 1.83. The van der Waals surface area contributed by atoms with E-state index < -0.39 is 0 Å². The van der Waals surface area contributed by atoms with Crippen molar-refractivity contribution in [1.82, 2.24) is 9.80 Å². The summed E-state index contributed by atoms with van der Waals surface area (Å²) in [5, 5.41) is 6.89. The number of amides is 2. The van der Waals surface area contributed by atoms with Crippen molar-refractivity contribution >= 4 is 24.0 Å². The highest BCUT2D eigenvalue weighted by molar-refractivity contribution is 5.94. The van der Waals surface area contributed by atoms with Gasteiger partial charge in [0.2, 0.25) is 11.8 Å². The molecule has 4 rings (SSSR count). The predicted molar refractivity (Wildman–Crippen MR) is 106 cm³/mol. The van der Waals surface area contributed by atoms with Crippen LogP contribution >= 0.6 is 0 Å². The molecule has 1 unspecified atom stereocenters. The molecule has 1 saturated heterocycles. The van der Waals surface area contributed by atoms with Crippen LogP contribution in [0.4, 0.5) is 5.69 Å². The molecule has 1 aromatic carbocycles. The molecule has 3 aliphatic rings. The third-order valence-electron chi connectivity index (χ3n) is 6.16. The number of carboxylic acid groups (broad SMARTS) is 1. The van der Waals surface area contributed by atoms with Crippen molar-refractivity contribution in [2.45, 2.75) is 25.7 Å². The molecule has 1 spiro atoms. The van der Waals surface area contributed by atoms with Crippen LogP contribution in [0.1, 0.15) is 25.7 Å². The third kappa shape index (κ3) is 4.70. The number of carbonyl (C=O) groups excluding carboxylic acids is 2. The smallest absolute Gasteiger partial charge is 0.290 e. The predicted octanol–water partition coefficient (Wildman–Crippen LogP) is 1.68. The Bertz CT molecular complexity index is 705. The molecule has 0 bridgehead atoms. The molecule has 0 radical (unpaired) electrons. The second kappa shape index (κ2) is 8.73. The minimum atomic E-state index is -0.250. The number of hydrogen-bond acceptors (Lipinski definition) is 4. The topological polar surface area (TPSA) is 81.2 Å². The Hall–Kier alpha value is -2.41. The van der Waals surface area contributed by atoms with E-state index >= 15 is 0 Å². The molecule has 28 heavy (non-hydrogen) atoms. The molecule has 2 amide bonds. The van der Waals surface area contributed by atoms with Crippen molar-refractivity contribution in [3.05, 3.63) is 30.3 Å². The largest absolute Gasteiger partial charge is 0.483 e. The van der Waals surface area contributed by atoms with E-state index in [1.807, 2.05) is 42.3 Å². The van der Waals surface area contributed by atoms with Crippen LogP contribution in [0.3, 0.4) is 0 Å². The summed E-state index contributed by atoms with van der Waals surface area (Å²) in [5.41, 5.74) is 1.35. The first-order chi connectivity index (χ1) is 13.5. The van der Waals surface area contributed by atoms with Gasteiger partial charge < -0.3 is 14.9 Å². The van der Waals surface area contributed by atoms with Crippen LogP contribution < -0.4 is 4.90 Å². The molecule has 3 fully saturated rings. The van der Waals surface area contributed by atoms with Gasteiger partial charge in [0.15, 0.2) is 0 Å². The lowest BCUT2D eigenvalue weighted by Gasteiger charge is -2.24. The van der Waals surface area contributed by atoms with Gasteiger partial charge in [0, 0.05) is 44.8 Å². The molecule has 1 heterocycles. The first-order valence-electron chi connectivity index (χ1n) is 9.91. The molecule has 2 saturated carbocycles. The van der Waals surface area contributed by atoms with E-state index in [2.05, 4.69) is 4.90 Å². The maximum absolute atomic E-state index is 12.6. The number of para-hydroxylation sites is 1. The van der Waals surface area contributed by atoms with Crippen LogP contribution in [-0.4, -0.2) is 73.0 Å². The van der Waals surface area contributed by atoms with Gasteiger partial charge in [-0.1, -0.05) is 18.2 Å². The lowest BCUT2D eigenvalue weighted by Crippen LogP contribution is -2.41. The summed E-state index contributed by atoms with van der Waals surface area (Å²) in [6.45, 7) is 3.44. The Kier molecular flexibility index (Phi) is 6.34. The van der Waals surface area contributed by atoms with Crippen molar-refractivity contribution in [3.8, 4) is 0 Å². The van der Waals surface area contributed by atoms with Gasteiger partial charge in [-0.3, -0.25) is 19.3 Å². The number of hydrogen-bond donors (Lipinski definition) is 1. The molecule has 0 aromatic heterocycles. The molecule has 7 nitrogen and oxygen atoms in total. The Morgan fingerprint density at radius 2 is 1.86 bits per heavy atom. The Morgan fingerprint density at radius 3 is 2.46 bits per heavy atom. The van der Waals surface area contributed by atoms with Gasteiger partial charge in [0.25, 0.3) is 6.47 Å². The summed E-state index contributed by atoms with van der Waals surface area (Å²) < 4.78 is 0. The minimum Gasteiger partial charge on any atom is -0.483 e. The number of likely N-dealkylation sites (N-methyl/N-ethyl adjacent to an activating group) is 1. The Labute approximate surface area is 165 Å². The van der Waals surface area contributed by atoms with E-state index in [-0.39, 0.29) is 12.4 Å². The van der Waals surface area contributed by atoms with E-state index in [1.54, 1.807) is 4.90 Å². The van der Waals surface area contributed by atoms with Crippen molar-refractivity contribution in [1.29, 1.82) is 0 Å². The normalized spacial score (nSPS) is 22.5. The van der Waals surface area contributed by atoms with Crippen LogP contribution in [-0.2, 0) is 14.4 Å². The summed E-state index contributed by atoms with van der Waals surface area (Å²) >= 11 is 0. The van der Waals surface area contributed by atoms with E-state index in [4.69, 9.17) is 9.90 Å². The molecular weight excluding hydrogens is 358 g/mol. The van der Waals surface area contributed by atoms with E-state index in [9.17, 15) is 9.59 Å². The van der Waals surface area contributed by atoms with Crippen LogP contribution in [0.25, 0.3) is 0 Å². The fraction of sp³-hybridized carbons (Fsp3) is 0.571. The molecule has 1 N–H and O–H groups in total. The maximum atomic E-state index is 12.6. The van der Waals surface area contributed by atoms with E-state index in [1.165, 1.54) is 12.8 Å². The third-order valence-corrected chi connectivity index (χ3v) is 6.16. The summed E-state index contributed by atoms with van der Waals surface area (Å²) in [6.07, 6.45) is 4.58. The Morgan fingerprint density at radius 1 is 1.18 bits per heavy atom. The fourth-order valence-electron chi connectivity index (χ4n) is 4.07. The highest BCUT2D eigenvalue weighted by atomic mass is 16.3. The van der Waals surface area contributed by atoms with Gasteiger partial charge >= 0.3 is 0 Å². The van der Waals surface area contributed by atoms with Crippen LogP contribution in [0.15, 0.2) is 30.3 Å².